The average molecular weight is 340 g/mol. The molecule has 1 aromatic carbocycles. The van der Waals surface area contributed by atoms with Crippen LogP contribution in [0.2, 0.25) is 0 Å². The Labute approximate surface area is 138 Å². The number of hydrogen-bond acceptors (Lipinski definition) is 4. The van der Waals surface area contributed by atoms with E-state index in [0.717, 1.165) is 12.1 Å². The fourth-order valence-electron chi connectivity index (χ4n) is 2.22. The van der Waals surface area contributed by atoms with Crippen molar-refractivity contribution in [1.82, 2.24) is 4.98 Å². The predicted octanol–water partition coefficient (Wildman–Crippen LogP) is 3.82. The molecule has 0 N–H and O–H groups in total. The van der Waals surface area contributed by atoms with Crippen LogP contribution in [-0.4, -0.2) is 39.1 Å². The molecule has 24 heavy (non-hydrogen) atoms. The van der Waals surface area contributed by atoms with Gasteiger partial charge in [-0.1, -0.05) is 12.1 Å². The minimum absolute atomic E-state index is 0.389. The summed E-state index contributed by atoms with van der Waals surface area (Å²) >= 11 is 0. The maximum absolute atomic E-state index is 12.8. The number of halogens is 3. The number of hydrogen-bond donors (Lipinski definition) is 0. The van der Waals surface area contributed by atoms with Gasteiger partial charge in [-0.2, -0.15) is 13.2 Å². The molecule has 1 heterocycles. The van der Waals surface area contributed by atoms with Gasteiger partial charge in [0.2, 0.25) is 0 Å². The first-order valence-electron chi connectivity index (χ1n) is 7.25. The number of methoxy groups -OCH3 is 2. The molecule has 0 aliphatic rings. The van der Waals surface area contributed by atoms with Crippen LogP contribution in [0.3, 0.4) is 0 Å². The highest BCUT2D eigenvalue weighted by molar-refractivity contribution is 5.64. The molecule has 7 heteroatoms. The first-order chi connectivity index (χ1) is 11.3. The van der Waals surface area contributed by atoms with E-state index >= 15 is 0 Å². The summed E-state index contributed by atoms with van der Waals surface area (Å²) in [6.07, 6.45) is -3.20. The Morgan fingerprint density at radius 1 is 1.08 bits per heavy atom. The lowest BCUT2D eigenvalue weighted by Crippen LogP contribution is -2.32. The van der Waals surface area contributed by atoms with E-state index in [9.17, 15) is 13.2 Å². The number of ether oxygens (including phenoxy) is 2. The Morgan fingerprint density at radius 3 is 2.33 bits per heavy atom. The Kier molecular flexibility index (Phi) is 5.80. The molecule has 1 aromatic heterocycles. The molecule has 0 saturated heterocycles. The summed E-state index contributed by atoms with van der Waals surface area (Å²) in [4.78, 5) is 6.14. The molecule has 0 saturated carbocycles. The zero-order valence-electron chi connectivity index (χ0n) is 13.7. The third kappa shape index (κ3) is 4.46. The van der Waals surface area contributed by atoms with E-state index in [-0.39, 0.29) is 6.29 Å². The van der Waals surface area contributed by atoms with Crippen LogP contribution in [0.25, 0.3) is 11.1 Å². The van der Waals surface area contributed by atoms with Gasteiger partial charge < -0.3 is 14.4 Å². The Bertz CT molecular complexity index is 656. The van der Waals surface area contributed by atoms with Crippen molar-refractivity contribution >= 4 is 5.82 Å². The van der Waals surface area contributed by atoms with Crippen LogP contribution < -0.4 is 4.90 Å². The van der Waals surface area contributed by atoms with Gasteiger partial charge in [0.05, 0.1) is 12.1 Å². The lowest BCUT2D eigenvalue weighted by Gasteiger charge is -2.23. The highest BCUT2D eigenvalue weighted by Gasteiger charge is 2.30. The monoisotopic (exact) mass is 340 g/mol. The molecule has 0 aliphatic heterocycles. The van der Waals surface area contributed by atoms with Gasteiger partial charge in [0.25, 0.3) is 0 Å². The molecule has 2 aromatic rings. The van der Waals surface area contributed by atoms with Crippen LogP contribution in [0.1, 0.15) is 5.56 Å². The molecular weight excluding hydrogens is 321 g/mol. The van der Waals surface area contributed by atoms with Crippen molar-refractivity contribution in [2.75, 3.05) is 32.7 Å². The van der Waals surface area contributed by atoms with Gasteiger partial charge in [-0.3, -0.25) is 0 Å². The van der Waals surface area contributed by atoms with E-state index in [4.69, 9.17) is 9.47 Å². The van der Waals surface area contributed by atoms with Gasteiger partial charge in [-0.15, -0.1) is 0 Å². The summed E-state index contributed by atoms with van der Waals surface area (Å²) in [5, 5.41) is 0. The van der Waals surface area contributed by atoms with E-state index in [1.165, 1.54) is 6.07 Å². The number of pyridine rings is 1. The summed E-state index contributed by atoms with van der Waals surface area (Å²) in [6.45, 7) is 0.475. The third-order valence-electron chi connectivity index (χ3n) is 3.61. The molecule has 0 radical (unpaired) electrons. The Morgan fingerprint density at radius 2 is 1.79 bits per heavy atom. The van der Waals surface area contributed by atoms with Crippen molar-refractivity contribution in [3.63, 3.8) is 0 Å². The number of anilines is 1. The Balaban J connectivity index is 2.18. The van der Waals surface area contributed by atoms with Crippen LogP contribution >= 0.6 is 0 Å². The molecule has 0 spiro atoms. The van der Waals surface area contributed by atoms with Gasteiger partial charge in [-0.05, 0) is 29.8 Å². The quantitative estimate of drug-likeness (QED) is 0.749. The molecule has 0 atom stereocenters. The second-order valence-corrected chi connectivity index (χ2v) is 5.27. The molecule has 0 fully saturated rings. The number of aromatic nitrogens is 1. The maximum atomic E-state index is 12.8. The van der Waals surface area contributed by atoms with Gasteiger partial charge in [0, 0.05) is 33.0 Å². The van der Waals surface area contributed by atoms with E-state index in [2.05, 4.69) is 4.98 Å². The van der Waals surface area contributed by atoms with Crippen LogP contribution in [-0.2, 0) is 15.7 Å². The van der Waals surface area contributed by atoms with E-state index in [1.807, 2.05) is 11.9 Å². The summed E-state index contributed by atoms with van der Waals surface area (Å²) in [5.41, 5.74) is 0.413. The largest absolute Gasteiger partial charge is 0.416 e. The summed E-state index contributed by atoms with van der Waals surface area (Å²) in [5.74, 6) is 0.671. The van der Waals surface area contributed by atoms with Crippen molar-refractivity contribution in [2.45, 2.75) is 12.5 Å². The number of alkyl halides is 3. The van der Waals surface area contributed by atoms with Gasteiger partial charge in [0.1, 0.15) is 5.82 Å². The normalized spacial score (nSPS) is 11.8. The molecule has 0 amide bonds. The van der Waals surface area contributed by atoms with E-state index in [0.29, 0.717) is 23.5 Å². The molecule has 4 nitrogen and oxygen atoms in total. The van der Waals surface area contributed by atoms with Crippen molar-refractivity contribution in [2.24, 2.45) is 0 Å². The average Bonchev–Trinajstić information content (AvgIpc) is 2.59. The van der Waals surface area contributed by atoms with Crippen LogP contribution in [0.5, 0.6) is 0 Å². The van der Waals surface area contributed by atoms with Gasteiger partial charge in [-0.25, -0.2) is 4.98 Å². The number of nitrogens with zero attached hydrogens (tertiary/aromatic N) is 2. The van der Waals surface area contributed by atoms with Gasteiger partial charge >= 0.3 is 6.18 Å². The summed E-state index contributed by atoms with van der Waals surface area (Å²) in [7, 11) is 4.93. The van der Waals surface area contributed by atoms with Crippen LogP contribution in [0.15, 0.2) is 42.6 Å². The second kappa shape index (κ2) is 7.63. The lowest BCUT2D eigenvalue weighted by atomic mass is 10.0. The number of benzene rings is 1. The molecule has 0 unspecified atom stereocenters. The van der Waals surface area contributed by atoms with Crippen molar-refractivity contribution in [1.29, 1.82) is 0 Å². The molecule has 2 rings (SSSR count). The predicted molar refractivity (Wildman–Crippen MR) is 85.8 cm³/mol. The van der Waals surface area contributed by atoms with E-state index in [1.54, 1.807) is 38.6 Å². The molecular formula is C17H19F3N2O2. The van der Waals surface area contributed by atoms with Crippen molar-refractivity contribution in [3.8, 4) is 11.1 Å². The topological polar surface area (TPSA) is 34.6 Å². The minimum atomic E-state index is -4.36. The third-order valence-corrected chi connectivity index (χ3v) is 3.61. The van der Waals surface area contributed by atoms with Gasteiger partial charge in [0.15, 0.2) is 6.29 Å². The van der Waals surface area contributed by atoms with Crippen molar-refractivity contribution in [3.05, 3.63) is 48.2 Å². The standard InChI is InChI=1S/C17H19F3N2O2/c1-22(11-16(23-2)24-3)15-8-7-13(10-21-15)12-5-4-6-14(9-12)17(18,19)20/h4-10,16H,11H2,1-3H3. The zero-order valence-corrected chi connectivity index (χ0v) is 13.7. The fraction of sp³-hybridized carbons (Fsp3) is 0.353. The first kappa shape index (κ1) is 18.2. The molecule has 0 bridgehead atoms. The molecule has 130 valence electrons. The first-order valence-corrected chi connectivity index (χ1v) is 7.25. The second-order valence-electron chi connectivity index (χ2n) is 5.27. The summed E-state index contributed by atoms with van der Waals surface area (Å²) < 4.78 is 48.7. The van der Waals surface area contributed by atoms with E-state index < -0.39 is 11.7 Å². The number of rotatable bonds is 6. The minimum Gasteiger partial charge on any atom is -0.355 e. The fourth-order valence-corrected chi connectivity index (χ4v) is 2.22. The highest BCUT2D eigenvalue weighted by atomic mass is 19.4. The lowest BCUT2D eigenvalue weighted by molar-refractivity contribution is -0.137. The Hall–Kier alpha value is -2.12. The summed E-state index contributed by atoms with van der Waals surface area (Å²) in [6, 6.07) is 8.67. The van der Waals surface area contributed by atoms with Crippen molar-refractivity contribution < 1.29 is 22.6 Å². The SMILES string of the molecule is COC(CN(C)c1ccc(-c2cccc(C(F)(F)F)c2)cn1)OC. The maximum Gasteiger partial charge on any atom is 0.416 e. The molecule has 0 aliphatic carbocycles. The van der Waals surface area contributed by atoms with Crippen LogP contribution in [0.4, 0.5) is 19.0 Å². The smallest absolute Gasteiger partial charge is 0.355 e. The van der Waals surface area contributed by atoms with Crippen LogP contribution in [0, 0.1) is 0 Å². The highest BCUT2D eigenvalue weighted by Crippen LogP contribution is 2.32. The number of likely N-dealkylation sites (N-methyl/N-ethyl adjacent to an activating group) is 1. The zero-order chi connectivity index (χ0) is 17.7.